The number of halogens is 2. The fourth-order valence-corrected chi connectivity index (χ4v) is 3.63. The number of hydrogen-bond acceptors (Lipinski definition) is 4. The first-order chi connectivity index (χ1) is 12.6. The average Bonchev–Trinajstić information content (AvgIpc) is 2.77. The van der Waals surface area contributed by atoms with E-state index in [4.69, 9.17) is 31.4 Å². The molecule has 0 spiro atoms. The van der Waals surface area contributed by atoms with Crippen molar-refractivity contribution in [3.8, 4) is 0 Å². The molecular formula is C20H32BCl2NO4. The molecule has 2 rings (SSSR count). The van der Waals surface area contributed by atoms with Crippen molar-refractivity contribution in [2.45, 2.75) is 64.0 Å². The SMILES string of the molecule is COCC(C(N)=O)[C@@H](CCCc1cccc(Cl)c1)B1OC(C)(C)C(C)(C)O1.Cl. The number of methoxy groups -OCH3 is 1. The van der Waals surface area contributed by atoms with Crippen LogP contribution in [-0.2, 0) is 25.3 Å². The molecule has 1 saturated heterocycles. The maximum atomic E-state index is 12.1. The van der Waals surface area contributed by atoms with Gasteiger partial charge in [0.15, 0.2) is 0 Å². The third kappa shape index (κ3) is 6.10. The summed E-state index contributed by atoms with van der Waals surface area (Å²) in [4.78, 5) is 12.1. The van der Waals surface area contributed by atoms with Gasteiger partial charge in [0.25, 0.3) is 0 Å². The second-order valence-electron chi connectivity index (χ2n) is 8.27. The van der Waals surface area contributed by atoms with Gasteiger partial charge in [-0.15, -0.1) is 12.4 Å². The summed E-state index contributed by atoms with van der Waals surface area (Å²) >= 11 is 6.07. The fourth-order valence-electron chi connectivity index (χ4n) is 3.42. The maximum Gasteiger partial charge on any atom is 0.462 e. The summed E-state index contributed by atoms with van der Waals surface area (Å²) in [7, 11) is 1.07. The van der Waals surface area contributed by atoms with E-state index >= 15 is 0 Å². The molecule has 0 saturated carbocycles. The fraction of sp³-hybridized carbons (Fsp3) is 0.650. The van der Waals surface area contributed by atoms with Gasteiger partial charge in [-0.2, -0.15) is 0 Å². The lowest BCUT2D eigenvalue weighted by molar-refractivity contribution is -0.123. The van der Waals surface area contributed by atoms with Gasteiger partial charge in [0.1, 0.15) is 0 Å². The van der Waals surface area contributed by atoms with Crippen molar-refractivity contribution in [1.29, 1.82) is 0 Å². The first kappa shape index (κ1) is 25.3. The highest BCUT2D eigenvalue weighted by molar-refractivity contribution is 6.48. The van der Waals surface area contributed by atoms with Gasteiger partial charge in [0.05, 0.1) is 23.7 Å². The highest BCUT2D eigenvalue weighted by Gasteiger charge is 2.55. The van der Waals surface area contributed by atoms with Crippen molar-refractivity contribution in [2.75, 3.05) is 13.7 Å². The Hall–Kier alpha value is -0.785. The first-order valence-corrected chi connectivity index (χ1v) is 9.83. The Bertz CT molecular complexity index is 641. The van der Waals surface area contributed by atoms with Gasteiger partial charge >= 0.3 is 7.12 Å². The zero-order valence-corrected chi connectivity index (χ0v) is 18.9. The van der Waals surface area contributed by atoms with Crippen LogP contribution in [0, 0.1) is 5.92 Å². The largest absolute Gasteiger partial charge is 0.462 e. The monoisotopic (exact) mass is 431 g/mol. The Balaban J connectivity index is 0.00000392. The number of nitrogens with two attached hydrogens (primary N) is 1. The summed E-state index contributed by atoms with van der Waals surface area (Å²) in [6, 6.07) is 7.82. The molecule has 1 aliphatic heterocycles. The smallest absolute Gasteiger partial charge is 0.403 e. The highest BCUT2D eigenvalue weighted by Crippen LogP contribution is 2.43. The van der Waals surface area contributed by atoms with Crippen molar-refractivity contribution in [3.05, 3.63) is 34.9 Å². The molecule has 1 aromatic rings. The zero-order valence-electron chi connectivity index (χ0n) is 17.4. The topological polar surface area (TPSA) is 70.8 Å². The molecule has 8 heteroatoms. The van der Waals surface area contributed by atoms with Crippen LogP contribution in [0.3, 0.4) is 0 Å². The number of hydrogen-bond donors (Lipinski definition) is 1. The van der Waals surface area contributed by atoms with E-state index in [2.05, 4.69) is 6.07 Å². The number of aryl methyl sites for hydroxylation is 1. The summed E-state index contributed by atoms with van der Waals surface area (Å²) in [6.07, 6.45) is 2.46. The van der Waals surface area contributed by atoms with E-state index in [1.165, 1.54) is 0 Å². The maximum absolute atomic E-state index is 12.1. The average molecular weight is 432 g/mol. The summed E-state index contributed by atoms with van der Waals surface area (Å²) in [5, 5.41) is 0.726. The standard InChI is InChI=1S/C20H31BClNO4.ClH/c1-19(2)20(3,4)27-21(26-19)17(16(13-25-5)18(23)24)11-7-9-14-8-6-10-15(22)12-14;/h6,8,10,12,16-17H,7,9,11,13H2,1-5H3,(H2,23,24);1H/t16?,17-;/m1./s1. The van der Waals surface area contributed by atoms with E-state index in [0.717, 1.165) is 29.8 Å². The number of amides is 1. The van der Waals surface area contributed by atoms with Crippen LogP contribution in [0.2, 0.25) is 10.8 Å². The van der Waals surface area contributed by atoms with Crippen molar-refractivity contribution >= 4 is 37.0 Å². The van der Waals surface area contributed by atoms with Crippen LogP contribution >= 0.6 is 24.0 Å². The Morgan fingerprint density at radius 3 is 2.36 bits per heavy atom. The van der Waals surface area contributed by atoms with Gasteiger partial charge < -0.3 is 19.8 Å². The molecule has 1 unspecified atom stereocenters. The van der Waals surface area contributed by atoms with E-state index in [1.807, 2.05) is 45.9 Å². The number of primary amides is 1. The van der Waals surface area contributed by atoms with Gasteiger partial charge in [0.2, 0.25) is 5.91 Å². The molecule has 0 radical (unpaired) electrons. The highest BCUT2D eigenvalue weighted by atomic mass is 35.5. The number of carbonyl (C=O) groups excluding carboxylic acids is 1. The van der Waals surface area contributed by atoms with Gasteiger partial charge in [-0.1, -0.05) is 30.2 Å². The number of carbonyl (C=O) groups is 1. The lowest BCUT2D eigenvalue weighted by Gasteiger charge is -2.32. The van der Waals surface area contributed by atoms with Crippen molar-refractivity contribution in [2.24, 2.45) is 11.7 Å². The second kappa shape index (κ2) is 10.3. The van der Waals surface area contributed by atoms with Crippen LogP contribution in [-0.4, -0.2) is 37.9 Å². The minimum Gasteiger partial charge on any atom is -0.403 e. The number of benzene rings is 1. The molecule has 1 heterocycles. The second-order valence-corrected chi connectivity index (χ2v) is 8.71. The Kier molecular flexibility index (Phi) is 9.29. The van der Waals surface area contributed by atoms with E-state index < -0.39 is 24.2 Å². The van der Waals surface area contributed by atoms with Crippen LogP contribution in [0.5, 0.6) is 0 Å². The number of ether oxygens (including phenoxy) is 1. The van der Waals surface area contributed by atoms with Crippen molar-refractivity contribution in [3.63, 3.8) is 0 Å². The molecule has 158 valence electrons. The van der Waals surface area contributed by atoms with E-state index in [-0.39, 0.29) is 30.7 Å². The van der Waals surface area contributed by atoms with Gasteiger partial charge in [0, 0.05) is 17.9 Å². The third-order valence-electron chi connectivity index (χ3n) is 5.74. The molecule has 28 heavy (non-hydrogen) atoms. The molecule has 1 aromatic carbocycles. The summed E-state index contributed by atoms with van der Waals surface area (Å²) in [6.45, 7) is 8.27. The zero-order chi connectivity index (χ0) is 20.2. The molecule has 5 nitrogen and oxygen atoms in total. The predicted molar refractivity (Wildman–Crippen MR) is 116 cm³/mol. The van der Waals surface area contributed by atoms with Gasteiger partial charge in [-0.3, -0.25) is 4.79 Å². The molecule has 0 bridgehead atoms. The molecule has 2 N–H and O–H groups in total. The predicted octanol–water partition coefficient (Wildman–Crippen LogP) is 4.29. The summed E-state index contributed by atoms with van der Waals surface area (Å²) < 4.78 is 17.7. The van der Waals surface area contributed by atoms with Crippen LogP contribution in [0.15, 0.2) is 24.3 Å². The Morgan fingerprint density at radius 1 is 1.25 bits per heavy atom. The molecule has 1 amide bonds. The van der Waals surface area contributed by atoms with E-state index in [1.54, 1.807) is 7.11 Å². The van der Waals surface area contributed by atoms with Crippen LogP contribution in [0.1, 0.15) is 46.1 Å². The molecule has 1 aliphatic rings. The molecule has 1 fully saturated rings. The van der Waals surface area contributed by atoms with Crippen LogP contribution in [0.25, 0.3) is 0 Å². The lowest BCUT2D eigenvalue weighted by atomic mass is 9.62. The quantitative estimate of drug-likeness (QED) is 0.591. The minimum atomic E-state index is -0.498. The molecule has 2 atom stereocenters. The number of rotatable bonds is 9. The minimum absolute atomic E-state index is 0. The Morgan fingerprint density at radius 2 is 1.86 bits per heavy atom. The summed E-state index contributed by atoms with van der Waals surface area (Å²) in [5.41, 5.74) is 5.93. The van der Waals surface area contributed by atoms with Crippen molar-refractivity contribution in [1.82, 2.24) is 0 Å². The van der Waals surface area contributed by atoms with Crippen LogP contribution in [0.4, 0.5) is 0 Å². The Labute approximate surface area is 180 Å². The normalized spacial score (nSPS) is 19.7. The molecule has 0 aromatic heterocycles. The van der Waals surface area contributed by atoms with Gasteiger partial charge in [-0.25, -0.2) is 0 Å². The molecule has 0 aliphatic carbocycles. The lowest BCUT2D eigenvalue weighted by Crippen LogP contribution is -2.41. The first-order valence-electron chi connectivity index (χ1n) is 9.46. The van der Waals surface area contributed by atoms with E-state index in [0.29, 0.717) is 0 Å². The van der Waals surface area contributed by atoms with Gasteiger partial charge in [-0.05, 0) is 58.2 Å². The third-order valence-corrected chi connectivity index (χ3v) is 5.98. The van der Waals surface area contributed by atoms with E-state index in [9.17, 15) is 4.79 Å². The molecular weight excluding hydrogens is 400 g/mol. The van der Waals surface area contributed by atoms with Crippen molar-refractivity contribution < 1.29 is 18.8 Å². The summed E-state index contributed by atoms with van der Waals surface area (Å²) in [5.74, 6) is -1.04. The van der Waals surface area contributed by atoms with Crippen LogP contribution < -0.4 is 5.73 Å².